The average Bonchev–Trinajstić information content (AvgIpc) is 3.06. The molecule has 0 atom stereocenters. The molecule has 23 heavy (non-hydrogen) atoms. The second kappa shape index (κ2) is 6.17. The van der Waals surface area contributed by atoms with Crippen molar-refractivity contribution in [2.75, 3.05) is 7.05 Å². The van der Waals surface area contributed by atoms with Crippen LogP contribution in [0.5, 0.6) is 0 Å². The van der Waals surface area contributed by atoms with Gasteiger partial charge < -0.3 is 4.42 Å². The third kappa shape index (κ3) is 3.54. The Balaban J connectivity index is 1.73. The molecule has 0 unspecified atom stereocenters. The van der Waals surface area contributed by atoms with Gasteiger partial charge in [0.05, 0.1) is 6.20 Å². The molecule has 0 aliphatic heterocycles. The molecule has 2 aromatic heterocycles. The number of nitrogens with zero attached hydrogens (tertiary/aromatic N) is 5. The predicted octanol–water partition coefficient (Wildman–Crippen LogP) is 1.47. The maximum Gasteiger partial charge on any atom is 0.438 e. The smallest absolute Gasteiger partial charge is 0.388 e. The zero-order valence-corrected chi connectivity index (χ0v) is 12.8. The van der Waals surface area contributed by atoms with Crippen molar-refractivity contribution >= 4 is 0 Å². The lowest BCUT2D eigenvalue weighted by Crippen LogP contribution is -2.28. The zero-order chi connectivity index (χ0) is 16.4. The minimum absolute atomic E-state index is 0.171. The molecule has 2 heterocycles. The highest BCUT2D eigenvalue weighted by atomic mass is 19.1. The van der Waals surface area contributed by atoms with E-state index in [0.717, 1.165) is 5.56 Å². The Morgan fingerprint density at radius 3 is 2.70 bits per heavy atom. The highest BCUT2D eigenvalue weighted by Crippen LogP contribution is 2.15. The van der Waals surface area contributed by atoms with Gasteiger partial charge in [-0.3, -0.25) is 9.58 Å². The molecular weight excluding hydrogens is 301 g/mol. The van der Waals surface area contributed by atoms with Crippen LogP contribution in [0, 0.1) is 5.82 Å². The van der Waals surface area contributed by atoms with E-state index in [-0.39, 0.29) is 18.4 Å². The quantitative estimate of drug-likeness (QED) is 0.713. The van der Waals surface area contributed by atoms with Gasteiger partial charge in [0.2, 0.25) is 5.89 Å². The van der Waals surface area contributed by atoms with Crippen LogP contribution in [-0.2, 0) is 20.3 Å². The monoisotopic (exact) mass is 317 g/mol. The van der Waals surface area contributed by atoms with Crippen molar-refractivity contribution < 1.29 is 8.81 Å². The molecule has 0 fully saturated rings. The summed E-state index contributed by atoms with van der Waals surface area (Å²) >= 11 is 0. The first kappa shape index (κ1) is 15.2. The zero-order valence-electron chi connectivity index (χ0n) is 12.8. The van der Waals surface area contributed by atoms with Crippen molar-refractivity contribution in [1.82, 2.24) is 24.5 Å². The Hall–Kier alpha value is -2.74. The Morgan fingerprint density at radius 1 is 1.30 bits per heavy atom. The summed E-state index contributed by atoms with van der Waals surface area (Å²) < 4.78 is 21.0. The third-order valence-corrected chi connectivity index (χ3v) is 3.28. The standard InChI is InChI=1S/C15H16FN5O2/c1-19(8-11-7-17-20(2)9-11)10-21-15(22)23-14(18-21)12-3-5-13(16)6-4-12/h3-7,9H,8,10H2,1-2H3. The van der Waals surface area contributed by atoms with Crippen molar-refractivity contribution in [2.45, 2.75) is 13.2 Å². The molecular formula is C15H16FN5O2. The van der Waals surface area contributed by atoms with Gasteiger partial charge >= 0.3 is 5.76 Å². The molecule has 8 heteroatoms. The summed E-state index contributed by atoms with van der Waals surface area (Å²) in [4.78, 5) is 13.8. The van der Waals surface area contributed by atoms with E-state index in [1.807, 2.05) is 25.2 Å². The highest BCUT2D eigenvalue weighted by Gasteiger charge is 2.12. The number of aryl methyl sites for hydroxylation is 1. The Bertz CT molecular complexity index is 849. The van der Waals surface area contributed by atoms with E-state index in [0.29, 0.717) is 12.1 Å². The van der Waals surface area contributed by atoms with Gasteiger partial charge in [-0.15, -0.1) is 5.10 Å². The summed E-state index contributed by atoms with van der Waals surface area (Å²) in [6, 6.07) is 5.63. The third-order valence-electron chi connectivity index (χ3n) is 3.28. The van der Waals surface area contributed by atoms with Crippen LogP contribution in [-0.4, -0.2) is 31.5 Å². The number of aromatic nitrogens is 4. The number of rotatable bonds is 5. The molecule has 0 radical (unpaired) electrons. The molecule has 0 aliphatic rings. The van der Waals surface area contributed by atoms with Gasteiger partial charge in [-0.05, 0) is 31.3 Å². The van der Waals surface area contributed by atoms with E-state index in [1.54, 1.807) is 10.9 Å². The summed E-state index contributed by atoms with van der Waals surface area (Å²) in [5.74, 6) is -0.737. The summed E-state index contributed by atoms with van der Waals surface area (Å²) in [5.41, 5.74) is 1.59. The molecule has 3 rings (SSSR count). The van der Waals surface area contributed by atoms with Gasteiger partial charge in [-0.2, -0.15) is 9.78 Å². The van der Waals surface area contributed by atoms with E-state index in [4.69, 9.17) is 4.42 Å². The van der Waals surface area contributed by atoms with Crippen molar-refractivity contribution in [2.24, 2.45) is 7.05 Å². The second-order valence-corrected chi connectivity index (χ2v) is 5.36. The number of hydrogen-bond donors (Lipinski definition) is 0. The number of hydrogen-bond acceptors (Lipinski definition) is 5. The molecule has 0 saturated heterocycles. The van der Waals surface area contributed by atoms with Crippen LogP contribution >= 0.6 is 0 Å². The maximum atomic E-state index is 12.9. The lowest BCUT2D eigenvalue weighted by Gasteiger charge is -2.13. The number of halogens is 1. The van der Waals surface area contributed by atoms with Crippen molar-refractivity contribution in [3.8, 4) is 11.5 Å². The normalized spacial score (nSPS) is 11.3. The molecule has 0 bridgehead atoms. The first-order valence-electron chi connectivity index (χ1n) is 7.01. The van der Waals surface area contributed by atoms with Gasteiger partial charge in [-0.1, -0.05) is 0 Å². The summed E-state index contributed by atoms with van der Waals surface area (Å²) in [6.07, 6.45) is 3.68. The molecule has 3 aromatic rings. The fourth-order valence-electron chi connectivity index (χ4n) is 2.25. The van der Waals surface area contributed by atoms with E-state index in [9.17, 15) is 9.18 Å². The topological polar surface area (TPSA) is 69.1 Å². The van der Waals surface area contributed by atoms with Gasteiger partial charge in [0.1, 0.15) is 12.5 Å². The van der Waals surface area contributed by atoms with E-state index < -0.39 is 5.76 Å². The van der Waals surface area contributed by atoms with Gasteiger partial charge in [-0.25, -0.2) is 9.18 Å². The van der Waals surface area contributed by atoms with E-state index in [2.05, 4.69) is 10.2 Å². The second-order valence-electron chi connectivity index (χ2n) is 5.36. The Labute approximate surface area is 131 Å². The first-order valence-corrected chi connectivity index (χ1v) is 7.01. The molecule has 0 amide bonds. The minimum atomic E-state index is -0.553. The maximum absolute atomic E-state index is 12.9. The average molecular weight is 317 g/mol. The fourth-order valence-corrected chi connectivity index (χ4v) is 2.25. The minimum Gasteiger partial charge on any atom is -0.388 e. The van der Waals surface area contributed by atoms with E-state index in [1.165, 1.54) is 28.9 Å². The Kier molecular flexibility index (Phi) is 4.07. The van der Waals surface area contributed by atoms with Gasteiger partial charge in [0.25, 0.3) is 0 Å². The van der Waals surface area contributed by atoms with Crippen LogP contribution in [0.4, 0.5) is 4.39 Å². The molecule has 0 aliphatic carbocycles. The van der Waals surface area contributed by atoms with Crippen LogP contribution in [0.15, 0.2) is 45.9 Å². The van der Waals surface area contributed by atoms with Crippen molar-refractivity contribution in [3.05, 3.63) is 58.6 Å². The van der Waals surface area contributed by atoms with Crippen molar-refractivity contribution in [3.63, 3.8) is 0 Å². The van der Waals surface area contributed by atoms with Crippen LogP contribution in [0.3, 0.4) is 0 Å². The SMILES string of the molecule is CN(Cc1cnn(C)c1)Cn1nc(-c2ccc(F)cc2)oc1=O. The van der Waals surface area contributed by atoms with Crippen LogP contribution in [0.25, 0.3) is 11.5 Å². The van der Waals surface area contributed by atoms with Crippen LogP contribution in [0.1, 0.15) is 5.56 Å². The first-order chi connectivity index (χ1) is 11.0. The van der Waals surface area contributed by atoms with E-state index >= 15 is 0 Å². The molecule has 7 nitrogen and oxygen atoms in total. The molecule has 1 aromatic carbocycles. The molecule has 0 spiro atoms. The summed E-state index contributed by atoms with van der Waals surface area (Å²) in [7, 11) is 3.71. The fraction of sp³-hybridized carbons (Fsp3) is 0.267. The molecule has 0 N–H and O–H groups in total. The molecule has 120 valence electrons. The van der Waals surface area contributed by atoms with Crippen LogP contribution in [0.2, 0.25) is 0 Å². The summed E-state index contributed by atoms with van der Waals surface area (Å²) in [6.45, 7) is 0.900. The lowest BCUT2D eigenvalue weighted by atomic mass is 10.2. The Morgan fingerprint density at radius 2 is 2.04 bits per heavy atom. The van der Waals surface area contributed by atoms with Crippen molar-refractivity contribution in [1.29, 1.82) is 0 Å². The molecule has 0 saturated carbocycles. The largest absolute Gasteiger partial charge is 0.438 e. The van der Waals surface area contributed by atoms with Crippen LogP contribution < -0.4 is 5.76 Å². The summed E-state index contributed by atoms with van der Waals surface area (Å²) in [5, 5.41) is 8.25. The highest BCUT2D eigenvalue weighted by molar-refractivity contribution is 5.51. The lowest BCUT2D eigenvalue weighted by molar-refractivity contribution is 0.237. The van der Waals surface area contributed by atoms with Gasteiger partial charge in [0, 0.05) is 30.9 Å². The van der Waals surface area contributed by atoms with Gasteiger partial charge in [0.15, 0.2) is 0 Å². The number of benzene rings is 1. The predicted molar refractivity (Wildman–Crippen MR) is 80.8 cm³/mol.